The van der Waals surface area contributed by atoms with Gasteiger partial charge in [-0.1, -0.05) is 24.3 Å². The highest BCUT2D eigenvalue weighted by atomic mass is 35.5. The van der Waals surface area contributed by atoms with E-state index in [9.17, 15) is 28.5 Å². The summed E-state index contributed by atoms with van der Waals surface area (Å²) in [4.78, 5) is 42.3. The third-order valence-corrected chi connectivity index (χ3v) is 8.96. The smallest absolute Gasteiger partial charge is 0.409 e. The predicted octanol–water partition coefficient (Wildman–Crippen LogP) is 10.0. The summed E-state index contributed by atoms with van der Waals surface area (Å²) in [6.45, 7) is 11.8. The van der Waals surface area contributed by atoms with Crippen molar-refractivity contribution in [2.45, 2.75) is 53.6 Å². The van der Waals surface area contributed by atoms with Gasteiger partial charge in [-0.2, -0.15) is 0 Å². The van der Waals surface area contributed by atoms with Crippen molar-refractivity contribution in [3.63, 3.8) is 0 Å². The molecule has 2 amide bonds. The molecular formula is C44H48ClF2N13O5. The third kappa shape index (κ3) is 14.6. The van der Waals surface area contributed by atoms with Crippen molar-refractivity contribution in [2.75, 3.05) is 35.4 Å². The highest BCUT2D eigenvalue weighted by Gasteiger charge is 2.17. The van der Waals surface area contributed by atoms with Gasteiger partial charge in [0.05, 0.1) is 16.3 Å². The molecule has 4 heterocycles. The lowest BCUT2D eigenvalue weighted by Gasteiger charge is -2.19. The molecule has 0 spiro atoms. The fraction of sp³-hybridized carbons (Fsp3) is 0.227. The van der Waals surface area contributed by atoms with Crippen LogP contribution in [0.4, 0.5) is 47.1 Å². The highest BCUT2D eigenvalue weighted by molar-refractivity contribution is 6.61. The molecule has 7 aromatic rings. The number of anilines is 4. The number of nitrogens with two attached hydrogens (primary N) is 1. The van der Waals surface area contributed by atoms with Gasteiger partial charge in [0.1, 0.15) is 53.1 Å². The van der Waals surface area contributed by atoms with Crippen LogP contribution in [0.15, 0.2) is 110 Å². The summed E-state index contributed by atoms with van der Waals surface area (Å²) in [5, 5.41) is 31.6. The van der Waals surface area contributed by atoms with Gasteiger partial charge in [0, 0.05) is 49.9 Å². The summed E-state index contributed by atoms with van der Waals surface area (Å²) in [6.07, 6.45) is 3.34. The maximum atomic E-state index is 14.1. The number of nitro benzene ring substituents is 1. The lowest BCUT2D eigenvalue weighted by molar-refractivity contribution is -0.384. The van der Waals surface area contributed by atoms with Gasteiger partial charge in [-0.15, -0.1) is 20.4 Å². The van der Waals surface area contributed by atoms with Crippen LogP contribution in [0.25, 0.3) is 23.0 Å². The van der Waals surface area contributed by atoms with Crippen LogP contribution in [-0.4, -0.2) is 70.0 Å². The number of amides is 2. The van der Waals surface area contributed by atoms with Crippen LogP contribution in [0.2, 0.25) is 0 Å². The number of aromatic nitrogens is 8. The molecule has 0 aliphatic heterocycles. The van der Waals surface area contributed by atoms with E-state index >= 15 is 0 Å². The average molecular weight is 912 g/mol. The Bertz CT molecular complexity index is 2690. The Morgan fingerprint density at radius 2 is 1.34 bits per heavy atom. The van der Waals surface area contributed by atoms with Gasteiger partial charge in [-0.3, -0.25) is 20.3 Å². The first-order valence-corrected chi connectivity index (χ1v) is 20.1. The second-order valence-corrected chi connectivity index (χ2v) is 14.7. The van der Waals surface area contributed by atoms with E-state index in [1.807, 2.05) is 48.1 Å². The van der Waals surface area contributed by atoms with Gasteiger partial charge >= 0.3 is 11.5 Å². The van der Waals surface area contributed by atoms with Gasteiger partial charge in [0.2, 0.25) is 0 Å². The van der Waals surface area contributed by atoms with Gasteiger partial charge in [0.15, 0.2) is 11.6 Å². The lowest BCUT2D eigenvalue weighted by atomic mass is 10.2. The van der Waals surface area contributed by atoms with Gasteiger partial charge in [-0.05, 0) is 113 Å². The molecule has 0 saturated heterocycles. The maximum absolute atomic E-state index is 14.1. The predicted molar refractivity (Wildman–Crippen MR) is 246 cm³/mol. The number of carbonyl (C=O) groups is 2. The molecule has 0 bridgehead atoms. The minimum Gasteiger partial charge on any atom is -0.414 e. The molecule has 65 heavy (non-hydrogen) atoms. The fourth-order valence-corrected chi connectivity index (χ4v) is 5.64. The summed E-state index contributed by atoms with van der Waals surface area (Å²) in [6, 6.07) is 25.5. The third-order valence-electron chi connectivity index (χ3n) is 8.88. The van der Waals surface area contributed by atoms with Crippen molar-refractivity contribution in [1.82, 2.24) is 39.5 Å². The van der Waals surface area contributed by atoms with Crippen LogP contribution in [0.3, 0.4) is 0 Å². The van der Waals surface area contributed by atoms with Gasteiger partial charge < -0.3 is 24.9 Å². The molecule has 0 saturated carbocycles. The number of nitrogen functional groups attached to an aromatic ring is 1. The molecule has 18 nitrogen and oxygen atoms in total. The molecule has 0 radical (unpaired) electrons. The summed E-state index contributed by atoms with van der Waals surface area (Å²) >= 11 is 4.92. The monoisotopic (exact) mass is 911 g/mol. The van der Waals surface area contributed by atoms with Crippen molar-refractivity contribution < 1.29 is 28.0 Å². The van der Waals surface area contributed by atoms with Crippen LogP contribution in [0, 0.1) is 35.6 Å². The summed E-state index contributed by atoms with van der Waals surface area (Å²) in [5.74, 6) is 1.71. The number of halogens is 3. The number of hydrogen-bond donors (Lipinski definition) is 3. The lowest BCUT2D eigenvalue weighted by Crippen LogP contribution is -2.32. The van der Waals surface area contributed by atoms with E-state index in [1.54, 1.807) is 69.1 Å². The SMILES string of the molecule is CC(C)n1cnnc1-c1cccc(N)n1.CNc1ccc(C)cc1F.Cc1ccc(N(C)C(=O)Nc2cccc(-c3nncn3C(C)C)n2)c(F)c1.O=C(Cl)Oc1ccc([N+](=O)[O-])cc1. The fourth-order valence-electron chi connectivity index (χ4n) is 5.55. The molecule has 4 N–H and O–H groups in total. The quantitative estimate of drug-likeness (QED) is 0.0697. The van der Waals surface area contributed by atoms with E-state index in [2.05, 4.69) is 59.6 Å². The Hall–Kier alpha value is -7.87. The van der Waals surface area contributed by atoms with Crippen molar-refractivity contribution in [1.29, 1.82) is 0 Å². The molecule has 0 aliphatic carbocycles. The first-order valence-electron chi connectivity index (χ1n) is 19.7. The van der Waals surface area contributed by atoms with E-state index in [1.165, 1.54) is 48.3 Å². The summed E-state index contributed by atoms with van der Waals surface area (Å²) in [7, 11) is 3.20. The summed E-state index contributed by atoms with van der Waals surface area (Å²) < 4.78 is 35.2. The molecule has 21 heteroatoms. The first-order chi connectivity index (χ1) is 30.9. The molecular weight excluding hydrogens is 864 g/mol. The maximum Gasteiger partial charge on any atom is 0.409 e. The van der Waals surface area contributed by atoms with Crippen LogP contribution in [0.1, 0.15) is 50.9 Å². The number of nitrogens with zero attached hydrogens (tertiary/aromatic N) is 10. The van der Waals surface area contributed by atoms with Gasteiger partial charge in [-0.25, -0.2) is 28.3 Å². The van der Waals surface area contributed by atoms with Crippen molar-refractivity contribution in [3.8, 4) is 28.8 Å². The average Bonchev–Trinajstić information content (AvgIpc) is 3.97. The van der Waals surface area contributed by atoms with Crippen LogP contribution < -0.4 is 26.0 Å². The Balaban J connectivity index is 0.000000206. The van der Waals surface area contributed by atoms with E-state index in [0.717, 1.165) is 22.6 Å². The van der Waals surface area contributed by atoms with E-state index in [0.29, 0.717) is 34.9 Å². The number of nitro groups is 1. The number of non-ortho nitro benzene ring substituents is 1. The largest absolute Gasteiger partial charge is 0.414 e. The minimum atomic E-state index is -0.978. The minimum absolute atomic E-state index is 0.0747. The molecule has 0 atom stereocenters. The Morgan fingerprint density at radius 1 is 0.800 bits per heavy atom. The number of nitrogens with one attached hydrogen (secondary N) is 2. The Morgan fingerprint density at radius 3 is 1.83 bits per heavy atom. The van der Waals surface area contributed by atoms with Crippen molar-refractivity contribution in [3.05, 3.63) is 143 Å². The topological polar surface area (TPSA) is 227 Å². The second kappa shape index (κ2) is 23.5. The number of benzene rings is 3. The molecule has 0 fully saturated rings. The second-order valence-electron chi connectivity index (χ2n) is 14.4. The van der Waals surface area contributed by atoms with Crippen molar-refractivity contribution in [2.24, 2.45) is 0 Å². The zero-order valence-electron chi connectivity index (χ0n) is 36.8. The van der Waals surface area contributed by atoms with E-state index in [-0.39, 0.29) is 29.0 Å². The van der Waals surface area contributed by atoms with Crippen LogP contribution in [0.5, 0.6) is 5.75 Å². The van der Waals surface area contributed by atoms with E-state index in [4.69, 9.17) is 17.3 Å². The molecule has 3 aromatic carbocycles. The number of urea groups is 1. The van der Waals surface area contributed by atoms with Crippen molar-refractivity contribution >= 4 is 51.8 Å². The zero-order chi connectivity index (χ0) is 47.8. The molecule has 4 aromatic heterocycles. The standard InChI is InChI=1S/C19H21FN6O.C10H13N5.C8H10FN.C7H4ClNO4/c1-12(2)26-11-21-24-18(26)15-6-5-7-17(22-15)23-19(27)25(4)16-9-8-13(3)10-14(16)20;1-7(2)15-6-12-14-10(15)8-4-3-5-9(11)13-8;1-6-3-4-8(10-2)7(9)5-6;8-7(10)13-6-3-1-5(2-4-6)9(11)12/h5-12H,1-4H3,(H,22,23,27);3-7H,1-2H3,(H2,11,13);3-5,10H,1-2H3;1-4H. The number of pyridine rings is 2. The van der Waals surface area contributed by atoms with E-state index < -0.39 is 22.2 Å². The molecule has 340 valence electrons. The van der Waals surface area contributed by atoms with Crippen LogP contribution in [-0.2, 0) is 0 Å². The normalized spacial score (nSPS) is 10.4. The first kappa shape index (κ1) is 49.8. The van der Waals surface area contributed by atoms with Crippen LogP contribution >= 0.6 is 11.6 Å². The number of hydrogen-bond acceptors (Lipinski definition) is 13. The molecule has 0 aliphatic rings. The Kier molecular flexibility index (Phi) is 18.0. The number of aryl methyl sites for hydroxylation is 2. The number of ether oxygens (including phenoxy) is 1. The molecule has 0 unspecified atom stereocenters. The van der Waals surface area contributed by atoms with Gasteiger partial charge in [0.25, 0.3) is 5.69 Å². The number of carbonyl (C=O) groups excluding carboxylic acids is 2. The molecule has 7 rings (SSSR count). The summed E-state index contributed by atoms with van der Waals surface area (Å²) in [5.41, 5.74) is 8.37. The number of rotatable bonds is 9. The highest BCUT2D eigenvalue weighted by Crippen LogP contribution is 2.23. The Labute approximate surface area is 378 Å². The zero-order valence-corrected chi connectivity index (χ0v) is 37.5.